The largest absolute Gasteiger partial charge is 0.452 e. The monoisotopic (exact) mass is 391 g/mol. The molecule has 7 nitrogen and oxygen atoms in total. The highest BCUT2D eigenvalue weighted by molar-refractivity contribution is 7.14. The van der Waals surface area contributed by atoms with Crippen molar-refractivity contribution in [3.63, 3.8) is 0 Å². The van der Waals surface area contributed by atoms with Crippen molar-refractivity contribution in [3.8, 4) is 0 Å². The molecule has 1 N–H and O–H groups in total. The summed E-state index contributed by atoms with van der Waals surface area (Å²) in [6.45, 7) is 2.06. The number of carbonyl (C=O) groups is 3. The molecule has 2 amide bonds. The lowest BCUT2D eigenvalue weighted by Crippen LogP contribution is -2.30. The Bertz CT molecular complexity index is 870. The number of rotatable bonds is 6. The number of nitrogens with one attached hydrogen (secondary N) is 1. The summed E-state index contributed by atoms with van der Waals surface area (Å²) >= 11 is 1.29. The Kier molecular flexibility index (Phi) is 5.80. The smallest absolute Gasteiger partial charge is 0.312 e. The molecular formula is C18H18FN3O4S. The number of carbonyl (C=O) groups excluding carboxylic acids is 3. The van der Waals surface area contributed by atoms with Crippen LogP contribution in [0.25, 0.3) is 0 Å². The molecule has 0 aliphatic carbocycles. The standard InChI is InChI=1S/C18H18FN3O4S/c1-11(17(25)20-13-5-2-4-12(19)8-13)26-16(24)9-14-10-27-18(21-14)22-7-3-6-15(22)23/h2,4-5,8,10-11H,3,6-7,9H2,1H3,(H,20,25)/t11-/m0/s1. The predicted molar refractivity (Wildman–Crippen MR) is 98.0 cm³/mol. The van der Waals surface area contributed by atoms with Gasteiger partial charge in [0.15, 0.2) is 11.2 Å². The highest BCUT2D eigenvalue weighted by Gasteiger charge is 2.25. The average Bonchev–Trinajstić information content (AvgIpc) is 3.23. The van der Waals surface area contributed by atoms with Crippen molar-refractivity contribution in [2.75, 3.05) is 16.8 Å². The molecule has 0 radical (unpaired) electrons. The molecule has 0 spiro atoms. The second-order valence-electron chi connectivity index (χ2n) is 6.08. The molecule has 2 aromatic rings. The number of ether oxygens (including phenoxy) is 1. The average molecular weight is 391 g/mol. The van der Waals surface area contributed by atoms with E-state index in [-0.39, 0.29) is 18.0 Å². The molecule has 1 aliphatic rings. The van der Waals surface area contributed by atoms with Gasteiger partial charge in [0.05, 0.1) is 12.1 Å². The minimum atomic E-state index is -1.04. The highest BCUT2D eigenvalue weighted by Crippen LogP contribution is 2.25. The van der Waals surface area contributed by atoms with Crippen LogP contribution < -0.4 is 10.2 Å². The normalized spacial score (nSPS) is 14.9. The van der Waals surface area contributed by atoms with Gasteiger partial charge in [-0.25, -0.2) is 9.37 Å². The summed E-state index contributed by atoms with van der Waals surface area (Å²) in [6, 6.07) is 5.43. The van der Waals surface area contributed by atoms with E-state index in [0.29, 0.717) is 23.8 Å². The second kappa shape index (κ2) is 8.26. The molecule has 1 atom stereocenters. The number of nitrogens with zero attached hydrogens (tertiary/aromatic N) is 2. The number of thiazole rings is 1. The zero-order chi connectivity index (χ0) is 19.4. The van der Waals surface area contributed by atoms with E-state index in [9.17, 15) is 18.8 Å². The lowest BCUT2D eigenvalue weighted by atomic mass is 10.3. The van der Waals surface area contributed by atoms with Gasteiger partial charge in [0, 0.05) is 24.0 Å². The molecule has 1 aliphatic heterocycles. The van der Waals surface area contributed by atoms with Crippen LogP contribution in [-0.4, -0.2) is 35.4 Å². The van der Waals surface area contributed by atoms with E-state index < -0.39 is 23.8 Å². The lowest BCUT2D eigenvalue weighted by Gasteiger charge is -2.13. The lowest BCUT2D eigenvalue weighted by molar-refractivity contribution is -0.152. The molecular weight excluding hydrogens is 373 g/mol. The summed E-state index contributed by atoms with van der Waals surface area (Å²) in [5.41, 5.74) is 0.764. The van der Waals surface area contributed by atoms with Crippen molar-refractivity contribution in [3.05, 3.63) is 41.2 Å². The number of hydrogen-bond acceptors (Lipinski definition) is 6. The minimum Gasteiger partial charge on any atom is -0.452 e. The number of halogens is 1. The van der Waals surface area contributed by atoms with Gasteiger partial charge in [-0.3, -0.25) is 19.3 Å². The fourth-order valence-electron chi connectivity index (χ4n) is 2.60. The molecule has 0 saturated carbocycles. The maximum Gasteiger partial charge on any atom is 0.312 e. The molecule has 2 heterocycles. The van der Waals surface area contributed by atoms with E-state index in [2.05, 4.69) is 10.3 Å². The van der Waals surface area contributed by atoms with Crippen molar-refractivity contribution < 1.29 is 23.5 Å². The first-order valence-corrected chi connectivity index (χ1v) is 9.31. The van der Waals surface area contributed by atoms with Gasteiger partial charge in [-0.2, -0.15) is 0 Å². The van der Waals surface area contributed by atoms with Crippen LogP contribution in [0.3, 0.4) is 0 Å². The van der Waals surface area contributed by atoms with Crippen LogP contribution in [0.2, 0.25) is 0 Å². The van der Waals surface area contributed by atoms with Gasteiger partial charge in [0.25, 0.3) is 5.91 Å². The third-order valence-corrected chi connectivity index (χ3v) is 4.85. The Morgan fingerprint density at radius 3 is 2.96 bits per heavy atom. The first-order chi connectivity index (χ1) is 12.9. The van der Waals surface area contributed by atoms with E-state index in [1.807, 2.05) is 0 Å². The van der Waals surface area contributed by atoms with Crippen molar-refractivity contribution >= 4 is 39.9 Å². The van der Waals surface area contributed by atoms with Crippen molar-refractivity contribution in [2.24, 2.45) is 0 Å². The van der Waals surface area contributed by atoms with Gasteiger partial charge < -0.3 is 10.1 Å². The SMILES string of the molecule is C[C@H](OC(=O)Cc1csc(N2CCCC2=O)n1)C(=O)Nc1cccc(F)c1. The van der Waals surface area contributed by atoms with Crippen LogP contribution in [0.5, 0.6) is 0 Å². The van der Waals surface area contributed by atoms with Crippen molar-refractivity contribution in [1.82, 2.24) is 4.98 Å². The van der Waals surface area contributed by atoms with Crippen LogP contribution in [0.1, 0.15) is 25.5 Å². The van der Waals surface area contributed by atoms with E-state index >= 15 is 0 Å². The van der Waals surface area contributed by atoms with Crippen LogP contribution in [-0.2, 0) is 25.5 Å². The summed E-state index contributed by atoms with van der Waals surface area (Å²) in [6.07, 6.45) is 0.165. The molecule has 0 bridgehead atoms. The van der Waals surface area contributed by atoms with Crippen LogP contribution >= 0.6 is 11.3 Å². The quantitative estimate of drug-likeness (QED) is 0.765. The fourth-order valence-corrected chi connectivity index (χ4v) is 3.47. The minimum absolute atomic E-state index is 0.0288. The number of anilines is 2. The Balaban J connectivity index is 1.52. The van der Waals surface area contributed by atoms with Crippen LogP contribution in [0.4, 0.5) is 15.2 Å². The first kappa shape index (κ1) is 19.0. The van der Waals surface area contributed by atoms with E-state index in [1.165, 1.54) is 42.5 Å². The Morgan fingerprint density at radius 2 is 2.26 bits per heavy atom. The number of esters is 1. The van der Waals surface area contributed by atoms with Gasteiger partial charge >= 0.3 is 5.97 Å². The Morgan fingerprint density at radius 1 is 1.44 bits per heavy atom. The topological polar surface area (TPSA) is 88.6 Å². The molecule has 142 valence electrons. The van der Waals surface area contributed by atoms with Gasteiger partial charge in [-0.1, -0.05) is 6.07 Å². The van der Waals surface area contributed by atoms with Gasteiger partial charge in [0.2, 0.25) is 5.91 Å². The van der Waals surface area contributed by atoms with Crippen molar-refractivity contribution in [1.29, 1.82) is 0 Å². The summed E-state index contributed by atoms with van der Waals surface area (Å²) in [7, 11) is 0. The van der Waals surface area contributed by atoms with E-state index in [0.717, 1.165) is 6.42 Å². The molecule has 0 unspecified atom stereocenters. The number of benzene rings is 1. The maximum atomic E-state index is 13.1. The molecule has 27 heavy (non-hydrogen) atoms. The van der Waals surface area contributed by atoms with Crippen molar-refractivity contribution in [2.45, 2.75) is 32.3 Å². The molecule has 9 heteroatoms. The highest BCUT2D eigenvalue weighted by atomic mass is 32.1. The molecule has 1 fully saturated rings. The molecule has 3 rings (SSSR count). The summed E-state index contributed by atoms with van der Waals surface area (Å²) in [5, 5.41) is 4.74. The Hall–Kier alpha value is -2.81. The molecule has 1 aromatic carbocycles. The molecule has 1 aromatic heterocycles. The number of amides is 2. The van der Waals surface area contributed by atoms with Crippen LogP contribution in [0, 0.1) is 5.82 Å². The number of hydrogen-bond donors (Lipinski definition) is 1. The maximum absolute atomic E-state index is 13.1. The van der Waals surface area contributed by atoms with Gasteiger partial charge in [-0.05, 0) is 31.5 Å². The third-order valence-electron chi connectivity index (χ3n) is 3.94. The first-order valence-electron chi connectivity index (χ1n) is 8.43. The zero-order valence-corrected chi connectivity index (χ0v) is 15.4. The van der Waals surface area contributed by atoms with Crippen LogP contribution in [0.15, 0.2) is 29.6 Å². The van der Waals surface area contributed by atoms with E-state index in [1.54, 1.807) is 10.3 Å². The predicted octanol–water partition coefficient (Wildman–Crippen LogP) is 2.52. The summed E-state index contributed by atoms with van der Waals surface area (Å²) in [5.74, 6) is -1.62. The molecule has 1 saturated heterocycles. The second-order valence-corrected chi connectivity index (χ2v) is 6.92. The fraction of sp³-hybridized carbons (Fsp3) is 0.333. The van der Waals surface area contributed by atoms with E-state index in [4.69, 9.17) is 4.74 Å². The summed E-state index contributed by atoms with van der Waals surface area (Å²) in [4.78, 5) is 41.7. The van der Waals surface area contributed by atoms with Gasteiger partial charge in [-0.15, -0.1) is 11.3 Å². The Labute approximate surface area is 159 Å². The summed E-state index contributed by atoms with van der Waals surface area (Å²) < 4.78 is 18.3. The zero-order valence-electron chi connectivity index (χ0n) is 14.6. The third kappa shape index (κ3) is 4.88. The number of aromatic nitrogens is 1. The van der Waals surface area contributed by atoms with Gasteiger partial charge in [0.1, 0.15) is 5.82 Å².